The molecule has 0 radical (unpaired) electrons. The van der Waals surface area contributed by atoms with Crippen molar-refractivity contribution >= 4 is 0 Å². The van der Waals surface area contributed by atoms with E-state index in [1.807, 2.05) is 24.5 Å². The number of aryl methyl sites for hydroxylation is 1. The van der Waals surface area contributed by atoms with E-state index in [0.717, 1.165) is 18.7 Å². The van der Waals surface area contributed by atoms with Crippen LogP contribution in [0.15, 0.2) is 42.7 Å². The summed E-state index contributed by atoms with van der Waals surface area (Å²) in [5.74, 6) is 0.426. The highest BCUT2D eigenvalue weighted by Crippen LogP contribution is 2.38. The molecule has 0 fully saturated rings. The monoisotopic (exact) mass is 267 g/mol. The van der Waals surface area contributed by atoms with Gasteiger partial charge in [0.15, 0.2) is 0 Å². The molecule has 0 amide bonds. The molecule has 1 aliphatic carbocycles. The van der Waals surface area contributed by atoms with Crippen molar-refractivity contribution in [2.24, 2.45) is 0 Å². The summed E-state index contributed by atoms with van der Waals surface area (Å²) in [6.45, 7) is 3.10. The van der Waals surface area contributed by atoms with Crippen LogP contribution in [0.2, 0.25) is 0 Å². The van der Waals surface area contributed by atoms with E-state index in [-0.39, 0.29) is 6.04 Å². The molecule has 3 rings (SSSR count). The first-order chi connectivity index (χ1) is 9.90. The molecule has 3 heteroatoms. The third-order valence-electron chi connectivity index (χ3n) is 4.07. The Bertz CT molecular complexity index is 553. The fourth-order valence-electron chi connectivity index (χ4n) is 3.20. The maximum Gasteiger partial charge on any atom is 0.0580 e. The first-order valence-corrected chi connectivity index (χ1v) is 7.48. The van der Waals surface area contributed by atoms with Gasteiger partial charge >= 0.3 is 0 Å². The molecular weight excluding hydrogens is 246 g/mol. The van der Waals surface area contributed by atoms with Crippen LogP contribution in [0.4, 0.5) is 0 Å². The van der Waals surface area contributed by atoms with Crippen LogP contribution in [-0.2, 0) is 6.42 Å². The Labute approximate surface area is 120 Å². The van der Waals surface area contributed by atoms with Crippen LogP contribution >= 0.6 is 0 Å². The molecule has 0 spiro atoms. The van der Waals surface area contributed by atoms with Crippen molar-refractivity contribution in [2.45, 2.75) is 38.1 Å². The zero-order valence-electron chi connectivity index (χ0n) is 11.9. The average Bonchev–Trinajstić information content (AvgIpc) is 2.53. The Kier molecular flexibility index (Phi) is 4.07. The second kappa shape index (κ2) is 6.14. The number of rotatable bonds is 4. The van der Waals surface area contributed by atoms with Crippen LogP contribution in [0.5, 0.6) is 0 Å². The van der Waals surface area contributed by atoms with E-state index in [2.05, 4.69) is 40.4 Å². The molecule has 104 valence electrons. The minimum atomic E-state index is 0.259. The predicted octanol–water partition coefficient (Wildman–Crippen LogP) is 3.25. The van der Waals surface area contributed by atoms with Gasteiger partial charge in [-0.25, -0.2) is 0 Å². The number of nitrogens with one attached hydrogen (secondary N) is 1. The van der Waals surface area contributed by atoms with Crippen LogP contribution in [-0.4, -0.2) is 16.5 Å². The molecule has 20 heavy (non-hydrogen) atoms. The van der Waals surface area contributed by atoms with Crippen LogP contribution in [0.25, 0.3) is 0 Å². The standard InChI is InChI=1S/C17H21N3/c1-2-18-17(15-10-3-4-11-19-15)14-9-5-7-13-8-6-12-20-16(13)14/h3-4,6,8,10-12,14,17-18H,2,5,7,9H2,1H3. The molecule has 2 unspecified atom stereocenters. The lowest BCUT2D eigenvalue weighted by Crippen LogP contribution is -2.30. The fraction of sp³-hybridized carbons (Fsp3) is 0.412. The van der Waals surface area contributed by atoms with Gasteiger partial charge < -0.3 is 5.32 Å². The second-order valence-corrected chi connectivity index (χ2v) is 5.34. The van der Waals surface area contributed by atoms with Crippen molar-refractivity contribution in [2.75, 3.05) is 6.54 Å². The highest BCUT2D eigenvalue weighted by molar-refractivity contribution is 5.29. The lowest BCUT2D eigenvalue weighted by Gasteiger charge is -2.31. The van der Waals surface area contributed by atoms with Gasteiger partial charge in [-0.1, -0.05) is 19.1 Å². The van der Waals surface area contributed by atoms with Crippen LogP contribution in [0.1, 0.15) is 48.7 Å². The summed E-state index contributed by atoms with van der Waals surface area (Å²) in [5.41, 5.74) is 3.79. The number of hydrogen-bond donors (Lipinski definition) is 1. The highest BCUT2D eigenvalue weighted by atomic mass is 14.9. The molecule has 2 aromatic rings. The van der Waals surface area contributed by atoms with Gasteiger partial charge in [-0.3, -0.25) is 9.97 Å². The summed E-state index contributed by atoms with van der Waals surface area (Å²) in [4.78, 5) is 9.22. The molecule has 0 aliphatic heterocycles. The lowest BCUT2D eigenvalue weighted by molar-refractivity contribution is 0.394. The molecule has 0 saturated heterocycles. The number of nitrogens with zero attached hydrogens (tertiary/aromatic N) is 2. The van der Waals surface area contributed by atoms with E-state index in [1.54, 1.807) is 0 Å². The smallest absolute Gasteiger partial charge is 0.0580 e. The van der Waals surface area contributed by atoms with Crippen molar-refractivity contribution in [3.05, 3.63) is 59.7 Å². The summed E-state index contributed by atoms with van der Waals surface area (Å²) in [6, 6.07) is 10.7. The van der Waals surface area contributed by atoms with Gasteiger partial charge in [0.25, 0.3) is 0 Å². The number of pyridine rings is 2. The van der Waals surface area contributed by atoms with E-state index in [4.69, 9.17) is 0 Å². The molecule has 0 bridgehead atoms. The molecule has 1 N–H and O–H groups in total. The van der Waals surface area contributed by atoms with Crippen LogP contribution in [0.3, 0.4) is 0 Å². The van der Waals surface area contributed by atoms with Gasteiger partial charge in [0, 0.05) is 24.0 Å². The molecular formula is C17H21N3. The Morgan fingerprint density at radius 2 is 2.10 bits per heavy atom. The van der Waals surface area contributed by atoms with E-state index in [1.165, 1.54) is 24.1 Å². The van der Waals surface area contributed by atoms with Gasteiger partial charge in [-0.2, -0.15) is 0 Å². The summed E-state index contributed by atoms with van der Waals surface area (Å²) in [6.07, 6.45) is 7.36. The quantitative estimate of drug-likeness (QED) is 0.924. The Morgan fingerprint density at radius 1 is 1.20 bits per heavy atom. The summed E-state index contributed by atoms with van der Waals surface area (Å²) < 4.78 is 0. The second-order valence-electron chi connectivity index (χ2n) is 5.34. The Morgan fingerprint density at radius 3 is 2.90 bits per heavy atom. The van der Waals surface area contributed by atoms with E-state index < -0.39 is 0 Å². The number of hydrogen-bond acceptors (Lipinski definition) is 3. The minimum absolute atomic E-state index is 0.259. The molecule has 3 nitrogen and oxygen atoms in total. The normalized spacial score (nSPS) is 19.4. The summed E-state index contributed by atoms with van der Waals surface area (Å²) in [7, 11) is 0. The number of aromatic nitrogens is 2. The van der Waals surface area contributed by atoms with Gasteiger partial charge in [0.1, 0.15) is 0 Å². The molecule has 0 aromatic carbocycles. The summed E-state index contributed by atoms with van der Waals surface area (Å²) >= 11 is 0. The highest BCUT2D eigenvalue weighted by Gasteiger charge is 2.30. The largest absolute Gasteiger partial charge is 0.308 e. The zero-order chi connectivity index (χ0) is 13.8. The van der Waals surface area contributed by atoms with Gasteiger partial charge in [-0.05, 0) is 49.6 Å². The number of fused-ring (bicyclic) bond motifs is 1. The van der Waals surface area contributed by atoms with Crippen molar-refractivity contribution < 1.29 is 0 Å². The topological polar surface area (TPSA) is 37.8 Å². The summed E-state index contributed by atoms with van der Waals surface area (Å²) in [5, 5.41) is 3.61. The molecule has 0 saturated carbocycles. The van der Waals surface area contributed by atoms with Crippen molar-refractivity contribution in [1.82, 2.24) is 15.3 Å². The van der Waals surface area contributed by atoms with Crippen molar-refractivity contribution in [1.29, 1.82) is 0 Å². The SMILES string of the molecule is CCNC(c1ccccn1)C1CCCc2cccnc21. The lowest BCUT2D eigenvalue weighted by atomic mass is 9.80. The van der Waals surface area contributed by atoms with Crippen LogP contribution < -0.4 is 5.32 Å². The maximum atomic E-state index is 4.66. The van der Waals surface area contributed by atoms with Crippen LogP contribution in [0, 0.1) is 0 Å². The fourth-order valence-corrected chi connectivity index (χ4v) is 3.20. The third kappa shape index (κ3) is 2.59. The zero-order valence-corrected chi connectivity index (χ0v) is 11.9. The molecule has 2 heterocycles. The first kappa shape index (κ1) is 13.3. The third-order valence-corrected chi connectivity index (χ3v) is 4.07. The van der Waals surface area contributed by atoms with Gasteiger partial charge in [-0.15, -0.1) is 0 Å². The van der Waals surface area contributed by atoms with E-state index >= 15 is 0 Å². The maximum absolute atomic E-state index is 4.66. The predicted molar refractivity (Wildman–Crippen MR) is 80.6 cm³/mol. The Balaban J connectivity index is 1.97. The average molecular weight is 267 g/mol. The molecule has 2 atom stereocenters. The number of likely N-dealkylation sites (N-methyl/N-ethyl adjacent to an activating group) is 1. The van der Waals surface area contributed by atoms with Gasteiger partial charge in [0.2, 0.25) is 0 Å². The molecule has 2 aromatic heterocycles. The molecule has 1 aliphatic rings. The first-order valence-electron chi connectivity index (χ1n) is 7.48. The van der Waals surface area contributed by atoms with E-state index in [9.17, 15) is 0 Å². The van der Waals surface area contributed by atoms with E-state index in [0.29, 0.717) is 5.92 Å². The Hall–Kier alpha value is -1.74. The van der Waals surface area contributed by atoms with Gasteiger partial charge in [0.05, 0.1) is 11.7 Å². The van der Waals surface area contributed by atoms with Crippen molar-refractivity contribution in [3.63, 3.8) is 0 Å². The minimum Gasteiger partial charge on any atom is -0.308 e. The van der Waals surface area contributed by atoms with Crippen molar-refractivity contribution in [3.8, 4) is 0 Å².